The van der Waals surface area contributed by atoms with Gasteiger partial charge in [-0.2, -0.15) is 0 Å². The SMILES string of the molecule is Cc1ccc(NCCc2cnc[nH]2)cc1N. The molecule has 0 saturated heterocycles. The lowest BCUT2D eigenvalue weighted by atomic mass is 10.2. The molecule has 0 saturated carbocycles. The Morgan fingerprint density at radius 1 is 1.44 bits per heavy atom. The zero-order chi connectivity index (χ0) is 11.4. The molecule has 2 aromatic rings. The van der Waals surface area contributed by atoms with Crippen LogP contribution in [0.15, 0.2) is 30.7 Å². The topological polar surface area (TPSA) is 66.7 Å². The van der Waals surface area contributed by atoms with Crippen LogP contribution in [0.4, 0.5) is 11.4 Å². The fourth-order valence-electron chi connectivity index (χ4n) is 1.51. The average molecular weight is 216 g/mol. The van der Waals surface area contributed by atoms with Crippen molar-refractivity contribution in [1.29, 1.82) is 0 Å². The number of nitrogens with one attached hydrogen (secondary N) is 2. The monoisotopic (exact) mass is 216 g/mol. The summed E-state index contributed by atoms with van der Waals surface area (Å²) >= 11 is 0. The molecule has 0 bridgehead atoms. The number of nitrogen functional groups attached to an aromatic ring is 1. The number of nitrogens with two attached hydrogens (primary N) is 1. The quantitative estimate of drug-likeness (QED) is 0.684. The summed E-state index contributed by atoms with van der Waals surface area (Å²) in [5, 5.41) is 3.32. The second kappa shape index (κ2) is 4.70. The lowest BCUT2D eigenvalue weighted by Crippen LogP contribution is -2.05. The Kier molecular flexibility index (Phi) is 3.10. The van der Waals surface area contributed by atoms with Crippen molar-refractivity contribution in [2.75, 3.05) is 17.6 Å². The number of hydrogen-bond acceptors (Lipinski definition) is 3. The summed E-state index contributed by atoms with van der Waals surface area (Å²) < 4.78 is 0. The molecule has 0 fully saturated rings. The number of nitrogens with zero attached hydrogens (tertiary/aromatic N) is 1. The summed E-state index contributed by atoms with van der Waals surface area (Å²) in [7, 11) is 0. The van der Waals surface area contributed by atoms with Gasteiger partial charge in [0.1, 0.15) is 0 Å². The van der Waals surface area contributed by atoms with Crippen molar-refractivity contribution in [3.05, 3.63) is 42.0 Å². The second-order valence-corrected chi connectivity index (χ2v) is 3.82. The molecule has 1 aromatic carbocycles. The van der Waals surface area contributed by atoms with Gasteiger partial charge in [-0.3, -0.25) is 0 Å². The summed E-state index contributed by atoms with van der Waals surface area (Å²) in [4.78, 5) is 7.04. The van der Waals surface area contributed by atoms with Crippen LogP contribution in [0, 0.1) is 6.92 Å². The van der Waals surface area contributed by atoms with Crippen molar-refractivity contribution < 1.29 is 0 Å². The number of anilines is 2. The summed E-state index contributed by atoms with van der Waals surface area (Å²) in [5.74, 6) is 0. The van der Waals surface area contributed by atoms with Crippen LogP contribution in [0.3, 0.4) is 0 Å². The predicted molar refractivity (Wildman–Crippen MR) is 66.4 cm³/mol. The highest BCUT2D eigenvalue weighted by atomic mass is 14.9. The Morgan fingerprint density at radius 2 is 2.31 bits per heavy atom. The van der Waals surface area contributed by atoms with Gasteiger partial charge in [0.2, 0.25) is 0 Å². The van der Waals surface area contributed by atoms with Crippen molar-refractivity contribution in [2.24, 2.45) is 0 Å². The van der Waals surface area contributed by atoms with Crippen LogP contribution >= 0.6 is 0 Å². The summed E-state index contributed by atoms with van der Waals surface area (Å²) in [6, 6.07) is 6.02. The van der Waals surface area contributed by atoms with Gasteiger partial charge in [-0.15, -0.1) is 0 Å². The maximum atomic E-state index is 5.83. The van der Waals surface area contributed by atoms with Crippen LogP contribution in [0.2, 0.25) is 0 Å². The first-order valence-corrected chi connectivity index (χ1v) is 5.33. The first kappa shape index (κ1) is 10.5. The average Bonchev–Trinajstić information content (AvgIpc) is 2.76. The molecule has 0 aliphatic heterocycles. The number of aromatic amines is 1. The Morgan fingerprint density at radius 3 is 3.00 bits per heavy atom. The highest BCUT2D eigenvalue weighted by Crippen LogP contribution is 2.16. The third kappa shape index (κ3) is 2.53. The smallest absolute Gasteiger partial charge is 0.0921 e. The molecule has 0 radical (unpaired) electrons. The zero-order valence-electron chi connectivity index (χ0n) is 9.33. The van der Waals surface area contributed by atoms with E-state index in [1.165, 1.54) is 0 Å². The van der Waals surface area contributed by atoms with E-state index in [0.717, 1.165) is 35.6 Å². The van der Waals surface area contributed by atoms with Crippen LogP contribution < -0.4 is 11.1 Å². The molecule has 4 heteroatoms. The highest BCUT2D eigenvalue weighted by molar-refractivity contribution is 5.58. The van der Waals surface area contributed by atoms with Crippen LogP contribution in [0.5, 0.6) is 0 Å². The van der Waals surface area contributed by atoms with Gasteiger partial charge in [-0.05, 0) is 24.6 Å². The van der Waals surface area contributed by atoms with Crippen LogP contribution in [-0.2, 0) is 6.42 Å². The van der Waals surface area contributed by atoms with Gasteiger partial charge < -0.3 is 16.0 Å². The van der Waals surface area contributed by atoms with Gasteiger partial charge in [0.15, 0.2) is 0 Å². The lowest BCUT2D eigenvalue weighted by Gasteiger charge is -2.07. The molecular weight excluding hydrogens is 200 g/mol. The Balaban J connectivity index is 1.87. The standard InChI is InChI=1S/C12H16N4/c1-9-2-3-10(6-12(9)13)15-5-4-11-7-14-8-16-11/h2-3,6-8,15H,4-5,13H2,1H3,(H,14,16). The Labute approximate surface area is 94.9 Å². The highest BCUT2D eigenvalue weighted by Gasteiger charge is 1.97. The molecule has 0 spiro atoms. The Hall–Kier alpha value is -1.97. The van der Waals surface area contributed by atoms with E-state index in [0.29, 0.717) is 0 Å². The third-order valence-corrected chi connectivity index (χ3v) is 2.56. The first-order chi connectivity index (χ1) is 7.75. The van der Waals surface area contributed by atoms with Crippen molar-refractivity contribution in [3.8, 4) is 0 Å². The van der Waals surface area contributed by atoms with E-state index in [1.54, 1.807) is 6.33 Å². The molecule has 0 atom stereocenters. The fourth-order valence-corrected chi connectivity index (χ4v) is 1.51. The van der Waals surface area contributed by atoms with Gasteiger partial charge >= 0.3 is 0 Å². The van der Waals surface area contributed by atoms with Crippen LogP contribution in [0.25, 0.3) is 0 Å². The Bertz CT molecular complexity index is 448. The second-order valence-electron chi connectivity index (χ2n) is 3.82. The molecule has 0 aliphatic carbocycles. The van der Waals surface area contributed by atoms with E-state index in [1.807, 2.05) is 31.3 Å². The number of aryl methyl sites for hydroxylation is 1. The number of imidazole rings is 1. The number of aromatic nitrogens is 2. The normalized spacial score (nSPS) is 10.3. The molecule has 1 heterocycles. The van der Waals surface area contributed by atoms with Crippen molar-refractivity contribution in [1.82, 2.24) is 9.97 Å². The van der Waals surface area contributed by atoms with E-state index < -0.39 is 0 Å². The molecule has 84 valence electrons. The maximum absolute atomic E-state index is 5.83. The van der Waals surface area contributed by atoms with Gasteiger partial charge in [-0.1, -0.05) is 6.07 Å². The summed E-state index contributed by atoms with van der Waals surface area (Å²) in [6.45, 7) is 2.87. The minimum Gasteiger partial charge on any atom is -0.398 e. The van der Waals surface area contributed by atoms with E-state index in [4.69, 9.17) is 5.73 Å². The van der Waals surface area contributed by atoms with Crippen molar-refractivity contribution >= 4 is 11.4 Å². The molecule has 0 unspecified atom stereocenters. The minimum atomic E-state index is 0.826. The first-order valence-electron chi connectivity index (χ1n) is 5.33. The zero-order valence-corrected chi connectivity index (χ0v) is 9.33. The van der Waals surface area contributed by atoms with Crippen molar-refractivity contribution in [3.63, 3.8) is 0 Å². The van der Waals surface area contributed by atoms with Gasteiger partial charge in [-0.25, -0.2) is 4.98 Å². The maximum Gasteiger partial charge on any atom is 0.0921 e. The van der Waals surface area contributed by atoms with Gasteiger partial charge in [0.25, 0.3) is 0 Å². The van der Waals surface area contributed by atoms with Crippen LogP contribution in [-0.4, -0.2) is 16.5 Å². The van der Waals surface area contributed by atoms with Gasteiger partial charge in [0.05, 0.1) is 6.33 Å². The van der Waals surface area contributed by atoms with Gasteiger partial charge in [0, 0.05) is 36.2 Å². The number of rotatable bonds is 4. The van der Waals surface area contributed by atoms with E-state index in [2.05, 4.69) is 15.3 Å². The number of benzene rings is 1. The predicted octanol–water partition coefficient (Wildman–Crippen LogP) is 1.95. The van der Waals surface area contributed by atoms with Crippen molar-refractivity contribution in [2.45, 2.75) is 13.3 Å². The molecular formula is C12H16N4. The number of H-pyrrole nitrogens is 1. The summed E-state index contributed by atoms with van der Waals surface area (Å²) in [6.07, 6.45) is 4.46. The molecule has 16 heavy (non-hydrogen) atoms. The molecule has 0 amide bonds. The molecule has 4 nitrogen and oxygen atoms in total. The molecule has 0 aliphatic rings. The number of hydrogen-bond donors (Lipinski definition) is 3. The largest absolute Gasteiger partial charge is 0.398 e. The molecule has 1 aromatic heterocycles. The third-order valence-electron chi connectivity index (χ3n) is 2.56. The summed E-state index contributed by atoms with van der Waals surface area (Å²) in [5.41, 5.74) is 9.96. The lowest BCUT2D eigenvalue weighted by molar-refractivity contribution is 0.977. The fraction of sp³-hybridized carbons (Fsp3) is 0.250. The molecule has 4 N–H and O–H groups in total. The minimum absolute atomic E-state index is 0.826. The van der Waals surface area contributed by atoms with E-state index in [-0.39, 0.29) is 0 Å². The van der Waals surface area contributed by atoms with Crippen LogP contribution in [0.1, 0.15) is 11.3 Å². The molecule has 2 rings (SSSR count). The van der Waals surface area contributed by atoms with E-state index in [9.17, 15) is 0 Å². The van der Waals surface area contributed by atoms with E-state index >= 15 is 0 Å².